The number of amides is 1. The lowest BCUT2D eigenvalue weighted by Crippen LogP contribution is -2.40. The number of carbonyl (C=O) groups excluding carboxylic acids is 1. The maximum Gasteiger partial charge on any atom is 0.323 e. The molecule has 6 heteroatoms. The summed E-state index contributed by atoms with van der Waals surface area (Å²) in [7, 11) is 0. The lowest BCUT2D eigenvalue weighted by Gasteiger charge is -2.23. The number of carbonyl (C=O) groups is 2. The first-order valence-corrected chi connectivity index (χ1v) is 7.07. The average Bonchev–Trinajstić information content (AvgIpc) is 3.04. The van der Waals surface area contributed by atoms with Gasteiger partial charge in [-0.15, -0.1) is 0 Å². The van der Waals surface area contributed by atoms with Crippen molar-refractivity contribution in [2.75, 3.05) is 6.54 Å². The van der Waals surface area contributed by atoms with Crippen LogP contribution < -0.4 is 0 Å². The molecule has 110 valence electrons. The molecule has 6 nitrogen and oxygen atoms in total. The van der Waals surface area contributed by atoms with Crippen LogP contribution in [0.1, 0.15) is 56.1 Å². The summed E-state index contributed by atoms with van der Waals surface area (Å²) in [4.78, 5) is 24.5. The van der Waals surface area contributed by atoms with Gasteiger partial charge in [-0.1, -0.05) is 12.8 Å². The Labute approximate surface area is 118 Å². The molecule has 2 rings (SSSR count). The normalized spacial score (nSPS) is 15.8. The quantitative estimate of drug-likeness (QED) is 0.893. The van der Waals surface area contributed by atoms with E-state index in [0.717, 1.165) is 12.8 Å². The Balaban J connectivity index is 2.12. The van der Waals surface area contributed by atoms with E-state index in [1.807, 2.05) is 10.9 Å². The van der Waals surface area contributed by atoms with Crippen LogP contribution in [0.2, 0.25) is 0 Å². The van der Waals surface area contributed by atoms with Crippen LogP contribution >= 0.6 is 0 Å². The predicted molar refractivity (Wildman–Crippen MR) is 73.5 cm³/mol. The van der Waals surface area contributed by atoms with E-state index in [2.05, 4.69) is 5.10 Å². The van der Waals surface area contributed by atoms with Crippen molar-refractivity contribution in [2.24, 2.45) is 0 Å². The standard InChI is InChI=1S/C14H21N3O3/c1-10(2)16(9-13(18)19)14(20)12-7-8-17(15-12)11-5-3-4-6-11/h7-8,10-11H,3-6,9H2,1-2H3,(H,18,19). The minimum atomic E-state index is -1.01. The largest absolute Gasteiger partial charge is 0.480 e. The third kappa shape index (κ3) is 3.18. The van der Waals surface area contributed by atoms with Crippen LogP contribution in [0.5, 0.6) is 0 Å². The predicted octanol–water partition coefficient (Wildman–Crippen LogP) is 1.93. The molecule has 1 heterocycles. The molecule has 1 fully saturated rings. The van der Waals surface area contributed by atoms with Crippen LogP contribution in [0.4, 0.5) is 0 Å². The molecule has 1 aromatic rings. The minimum absolute atomic E-state index is 0.171. The third-order valence-corrected chi connectivity index (χ3v) is 3.72. The number of carboxylic acids is 1. The maximum atomic E-state index is 12.3. The van der Waals surface area contributed by atoms with Gasteiger partial charge in [0.15, 0.2) is 0 Å². The van der Waals surface area contributed by atoms with Crippen LogP contribution in [-0.2, 0) is 4.79 Å². The van der Waals surface area contributed by atoms with Crippen LogP contribution in [0.25, 0.3) is 0 Å². The Morgan fingerprint density at radius 2 is 2.10 bits per heavy atom. The molecule has 1 N–H and O–H groups in total. The van der Waals surface area contributed by atoms with Crippen molar-refractivity contribution in [3.05, 3.63) is 18.0 Å². The molecule has 0 atom stereocenters. The van der Waals surface area contributed by atoms with Crippen molar-refractivity contribution in [3.8, 4) is 0 Å². The zero-order valence-corrected chi connectivity index (χ0v) is 12.0. The van der Waals surface area contributed by atoms with Crippen LogP contribution in [0.3, 0.4) is 0 Å². The van der Waals surface area contributed by atoms with E-state index in [0.29, 0.717) is 11.7 Å². The summed E-state index contributed by atoms with van der Waals surface area (Å²) in [6.07, 6.45) is 6.41. The number of hydrogen-bond donors (Lipinski definition) is 1. The van der Waals surface area contributed by atoms with Gasteiger partial charge in [-0.2, -0.15) is 5.10 Å². The van der Waals surface area contributed by atoms with Gasteiger partial charge in [0, 0.05) is 12.2 Å². The number of nitrogens with zero attached hydrogens (tertiary/aromatic N) is 3. The van der Waals surface area contributed by atoms with Gasteiger partial charge in [-0.25, -0.2) is 0 Å². The molecule has 1 aliphatic rings. The van der Waals surface area contributed by atoms with E-state index in [9.17, 15) is 9.59 Å². The van der Waals surface area contributed by atoms with Gasteiger partial charge in [-0.05, 0) is 32.8 Å². The summed E-state index contributed by atoms with van der Waals surface area (Å²) < 4.78 is 1.85. The second kappa shape index (κ2) is 6.07. The van der Waals surface area contributed by atoms with Crippen LogP contribution in [-0.4, -0.2) is 44.3 Å². The first-order chi connectivity index (χ1) is 9.49. The van der Waals surface area contributed by atoms with E-state index in [-0.39, 0.29) is 18.5 Å². The molecular weight excluding hydrogens is 258 g/mol. The summed E-state index contributed by atoms with van der Waals surface area (Å²) in [5.41, 5.74) is 0.326. The van der Waals surface area contributed by atoms with E-state index in [4.69, 9.17) is 5.11 Å². The van der Waals surface area contributed by atoms with Gasteiger partial charge in [0.05, 0.1) is 6.04 Å². The van der Waals surface area contributed by atoms with Crippen molar-refractivity contribution >= 4 is 11.9 Å². The lowest BCUT2D eigenvalue weighted by molar-refractivity contribution is -0.138. The van der Waals surface area contributed by atoms with Crippen molar-refractivity contribution in [3.63, 3.8) is 0 Å². The summed E-state index contributed by atoms with van der Waals surface area (Å²) in [5.74, 6) is -1.33. The van der Waals surface area contributed by atoms with E-state index >= 15 is 0 Å². The zero-order chi connectivity index (χ0) is 14.7. The van der Waals surface area contributed by atoms with E-state index in [1.54, 1.807) is 19.9 Å². The van der Waals surface area contributed by atoms with Gasteiger partial charge < -0.3 is 10.0 Å². The minimum Gasteiger partial charge on any atom is -0.480 e. The van der Waals surface area contributed by atoms with Gasteiger partial charge in [0.1, 0.15) is 12.2 Å². The molecule has 1 saturated carbocycles. The van der Waals surface area contributed by atoms with Crippen molar-refractivity contribution in [2.45, 2.75) is 51.6 Å². The van der Waals surface area contributed by atoms with Gasteiger partial charge in [0.25, 0.3) is 5.91 Å². The molecule has 1 amide bonds. The molecule has 0 aliphatic heterocycles. The number of aromatic nitrogens is 2. The first-order valence-electron chi connectivity index (χ1n) is 7.07. The Bertz CT molecular complexity index is 490. The number of aliphatic carboxylic acids is 1. The number of hydrogen-bond acceptors (Lipinski definition) is 3. The van der Waals surface area contributed by atoms with Gasteiger partial charge in [-0.3, -0.25) is 14.3 Å². The lowest BCUT2D eigenvalue weighted by atomic mass is 10.2. The molecular formula is C14H21N3O3. The third-order valence-electron chi connectivity index (χ3n) is 3.72. The van der Waals surface area contributed by atoms with Gasteiger partial charge in [0.2, 0.25) is 0 Å². The molecule has 1 aromatic heterocycles. The molecule has 0 unspecified atom stereocenters. The van der Waals surface area contributed by atoms with E-state index < -0.39 is 5.97 Å². The van der Waals surface area contributed by atoms with E-state index in [1.165, 1.54) is 17.7 Å². The molecule has 1 aliphatic carbocycles. The fourth-order valence-electron chi connectivity index (χ4n) is 2.61. The Morgan fingerprint density at radius 3 is 2.65 bits per heavy atom. The van der Waals surface area contributed by atoms with Crippen molar-refractivity contribution in [1.82, 2.24) is 14.7 Å². The topological polar surface area (TPSA) is 75.4 Å². The molecule has 0 radical (unpaired) electrons. The number of rotatable bonds is 5. The average molecular weight is 279 g/mol. The van der Waals surface area contributed by atoms with Crippen LogP contribution in [0.15, 0.2) is 12.3 Å². The number of carboxylic acid groups (broad SMARTS) is 1. The molecule has 0 saturated heterocycles. The highest BCUT2D eigenvalue weighted by molar-refractivity contribution is 5.94. The Hall–Kier alpha value is -1.85. The van der Waals surface area contributed by atoms with Crippen LogP contribution in [0, 0.1) is 0 Å². The summed E-state index contributed by atoms with van der Waals surface area (Å²) in [5, 5.41) is 13.2. The highest BCUT2D eigenvalue weighted by Gasteiger charge is 2.24. The first kappa shape index (κ1) is 14.6. The smallest absolute Gasteiger partial charge is 0.323 e. The zero-order valence-electron chi connectivity index (χ0n) is 12.0. The molecule has 0 bridgehead atoms. The van der Waals surface area contributed by atoms with Crippen molar-refractivity contribution in [1.29, 1.82) is 0 Å². The Morgan fingerprint density at radius 1 is 1.45 bits per heavy atom. The fraction of sp³-hybridized carbons (Fsp3) is 0.643. The monoisotopic (exact) mass is 279 g/mol. The summed E-state index contributed by atoms with van der Waals surface area (Å²) >= 11 is 0. The summed E-state index contributed by atoms with van der Waals surface area (Å²) in [6, 6.07) is 1.89. The highest BCUT2D eigenvalue weighted by Crippen LogP contribution is 2.28. The maximum absolute atomic E-state index is 12.3. The fourth-order valence-corrected chi connectivity index (χ4v) is 2.61. The summed E-state index contributed by atoms with van der Waals surface area (Å²) in [6.45, 7) is 3.30. The molecule has 20 heavy (non-hydrogen) atoms. The molecule has 0 aromatic carbocycles. The van der Waals surface area contributed by atoms with Crippen molar-refractivity contribution < 1.29 is 14.7 Å². The SMILES string of the molecule is CC(C)N(CC(=O)O)C(=O)c1ccn(C2CCCC2)n1. The second-order valence-corrected chi connectivity index (χ2v) is 5.54. The molecule has 0 spiro atoms. The Kier molecular flexibility index (Phi) is 4.42. The second-order valence-electron chi connectivity index (χ2n) is 5.54. The highest BCUT2D eigenvalue weighted by atomic mass is 16.4. The van der Waals surface area contributed by atoms with Gasteiger partial charge >= 0.3 is 5.97 Å².